The summed E-state index contributed by atoms with van der Waals surface area (Å²) in [5.41, 5.74) is 0.984. The van der Waals surface area contributed by atoms with Crippen LogP contribution in [0.25, 0.3) is 22.2 Å². The molecule has 1 N–H and O–H groups in total. The maximum absolute atomic E-state index is 13.4. The van der Waals surface area contributed by atoms with Crippen molar-refractivity contribution in [2.24, 2.45) is 0 Å². The van der Waals surface area contributed by atoms with Crippen LogP contribution < -0.4 is 9.21 Å². The molecular weight excluding hydrogens is 551 g/mol. The van der Waals surface area contributed by atoms with Gasteiger partial charge in [-0.3, -0.25) is 9.10 Å². The second-order valence-electron chi connectivity index (χ2n) is 8.59. The molecule has 1 saturated heterocycles. The molecule has 1 aliphatic rings. The number of halogens is 2. The maximum Gasteiger partial charge on any atom is 0.324 e. The van der Waals surface area contributed by atoms with E-state index in [0.29, 0.717) is 24.4 Å². The van der Waals surface area contributed by atoms with Crippen LogP contribution in [0.1, 0.15) is 0 Å². The van der Waals surface area contributed by atoms with Crippen LogP contribution in [0.5, 0.6) is 0 Å². The molecule has 0 amide bonds. The predicted octanol–water partition coefficient (Wildman–Crippen LogP) is 4.72. The summed E-state index contributed by atoms with van der Waals surface area (Å²) in [6.07, 6.45) is 1.72. The first-order valence-corrected chi connectivity index (χ1v) is 13.8. The fraction of sp³-hybridized carbons (Fsp3) is 0.192. The van der Waals surface area contributed by atoms with Gasteiger partial charge in [-0.1, -0.05) is 41.4 Å². The predicted molar refractivity (Wildman–Crippen MR) is 147 cm³/mol. The molecule has 0 saturated carbocycles. The van der Waals surface area contributed by atoms with Crippen LogP contribution in [0.15, 0.2) is 71.8 Å². The molecule has 0 spiro atoms. The van der Waals surface area contributed by atoms with Crippen molar-refractivity contribution in [2.45, 2.75) is 4.90 Å². The number of fused-ring (bicyclic) bond motifs is 1. The molecule has 38 heavy (non-hydrogen) atoms. The lowest BCUT2D eigenvalue weighted by atomic mass is 10.1. The summed E-state index contributed by atoms with van der Waals surface area (Å²) in [7, 11) is -4.28. The quantitative estimate of drug-likeness (QED) is 0.338. The van der Waals surface area contributed by atoms with Crippen molar-refractivity contribution in [3.05, 3.63) is 76.9 Å². The minimum atomic E-state index is -4.28. The average molecular weight is 573 g/mol. The minimum absolute atomic E-state index is 0.122. The number of aliphatic carboxylic acids is 1. The Kier molecular flexibility index (Phi) is 7.40. The summed E-state index contributed by atoms with van der Waals surface area (Å²) >= 11 is 12.0. The summed E-state index contributed by atoms with van der Waals surface area (Å²) in [6.45, 7) is 2.04. The normalized spacial score (nSPS) is 14.0. The van der Waals surface area contributed by atoms with E-state index in [9.17, 15) is 18.3 Å². The molecule has 1 fully saturated rings. The highest BCUT2D eigenvalue weighted by Crippen LogP contribution is 2.31. The number of hydrogen-bond donors (Lipinski definition) is 1. The Balaban J connectivity index is 1.50. The van der Waals surface area contributed by atoms with Gasteiger partial charge in [0.2, 0.25) is 0 Å². The van der Waals surface area contributed by atoms with Crippen LogP contribution in [0.3, 0.4) is 0 Å². The van der Waals surface area contributed by atoms with Crippen LogP contribution in [-0.4, -0.2) is 62.3 Å². The molecule has 0 aliphatic carbocycles. The van der Waals surface area contributed by atoms with Gasteiger partial charge in [-0.25, -0.2) is 18.4 Å². The third kappa shape index (κ3) is 5.53. The van der Waals surface area contributed by atoms with E-state index < -0.39 is 22.5 Å². The van der Waals surface area contributed by atoms with E-state index in [-0.39, 0.29) is 20.6 Å². The molecule has 3 aromatic carbocycles. The first-order chi connectivity index (χ1) is 18.2. The Morgan fingerprint density at radius 1 is 0.974 bits per heavy atom. The van der Waals surface area contributed by atoms with Gasteiger partial charge in [0, 0.05) is 34.9 Å². The monoisotopic (exact) mass is 572 g/mol. The fourth-order valence-corrected chi connectivity index (χ4v) is 6.36. The lowest BCUT2D eigenvalue weighted by Crippen LogP contribution is -2.36. The number of carbonyl (C=O) groups is 1. The lowest BCUT2D eigenvalue weighted by Gasteiger charge is -2.27. The van der Waals surface area contributed by atoms with E-state index >= 15 is 0 Å². The third-order valence-electron chi connectivity index (χ3n) is 6.05. The van der Waals surface area contributed by atoms with Gasteiger partial charge in [-0.05, 0) is 53.2 Å². The van der Waals surface area contributed by atoms with Crippen LogP contribution in [-0.2, 0) is 19.6 Å². The van der Waals surface area contributed by atoms with Crippen LogP contribution in [0, 0.1) is 0 Å². The van der Waals surface area contributed by atoms with Crippen molar-refractivity contribution in [1.29, 1.82) is 0 Å². The number of carboxylic acid groups (broad SMARTS) is 1. The number of nitrogens with zero attached hydrogens (tertiary/aromatic N) is 4. The Labute approximate surface area is 229 Å². The number of carboxylic acids is 1. The van der Waals surface area contributed by atoms with Gasteiger partial charge in [0.25, 0.3) is 10.0 Å². The molecule has 0 unspecified atom stereocenters. The summed E-state index contributed by atoms with van der Waals surface area (Å²) in [4.78, 5) is 22.7. The van der Waals surface area contributed by atoms with E-state index in [2.05, 4.69) is 9.88 Å². The molecule has 5 rings (SSSR count). The zero-order valence-corrected chi connectivity index (χ0v) is 22.2. The summed E-state index contributed by atoms with van der Waals surface area (Å²) < 4.78 is 33.1. The van der Waals surface area contributed by atoms with Crippen molar-refractivity contribution < 1.29 is 23.1 Å². The molecule has 0 radical (unpaired) electrons. The highest BCUT2D eigenvalue weighted by atomic mass is 35.5. The SMILES string of the molecule is O=C(O)CN(c1ccc2cc(-c3nccc(N4CCOCC4)n3)ccc2c1)S(=O)(=O)c1cc(Cl)cc(Cl)c1. The largest absolute Gasteiger partial charge is 0.480 e. The van der Waals surface area contributed by atoms with Gasteiger partial charge in [0.05, 0.1) is 23.8 Å². The van der Waals surface area contributed by atoms with Crippen molar-refractivity contribution in [2.75, 3.05) is 42.1 Å². The number of hydrogen-bond acceptors (Lipinski definition) is 7. The molecule has 2 heterocycles. The smallest absolute Gasteiger partial charge is 0.324 e. The van der Waals surface area contributed by atoms with E-state index in [1.807, 2.05) is 24.3 Å². The number of aromatic nitrogens is 2. The summed E-state index contributed by atoms with van der Waals surface area (Å²) in [6, 6.07) is 16.2. The van der Waals surface area contributed by atoms with Crippen LogP contribution in [0.4, 0.5) is 11.5 Å². The van der Waals surface area contributed by atoms with Gasteiger partial charge < -0.3 is 14.7 Å². The Morgan fingerprint density at radius 2 is 1.66 bits per heavy atom. The zero-order valence-electron chi connectivity index (χ0n) is 19.9. The minimum Gasteiger partial charge on any atom is -0.480 e. The molecule has 0 bridgehead atoms. The zero-order chi connectivity index (χ0) is 26.9. The Hall–Kier alpha value is -3.44. The van der Waals surface area contributed by atoms with E-state index in [1.54, 1.807) is 24.4 Å². The topological polar surface area (TPSA) is 113 Å². The molecule has 4 aromatic rings. The van der Waals surface area contributed by atoms with Crippen LogP contribution in [0.2, 0.25) is 10.0 Å². The van der Waals surface area contributed by atoms with Gasteiger partial charge in [-0.2, -0.15) is 0 Å². The van der Waals surface area contributed by atoms with Gasteiger partial charge in [-0.15, -0.1) is 0 Å². The molecule has 12 heteroatoms. The van der Waals surface area contributed by atoms with E-state index in [4.69, 9.17) is 32.9 Å². The molecule has 1 aromatic heterocycles. The van der Waals surface area contributed by atoms with Crippen molar-refractivity contribution >= 4 is 61.5 Å². The van der Waals surface area contributed by atoms with Crippen molar-refractivity contribution in [3.8, 4) is 11.4 Å². The lowest BCUT2D eigenvalue weighted by molar-refractivity contribution is -0.135. The Morgan fingerprint density at radius 3 is 2.37 bits per heavy atom. The first-order valence-electron chi connectivity index (χ1n) is 11.6. The number of benzene rings is 3. The first kappa shape index (κ1) is 26.2. The van der Waals surface area contributed by atoms with Crippen molar-refractivity contribution in [1.82, 2.24) is 9.97 Å². The molecular formula is C26H22Cl2N4O5S. The number of morpholine rings is 1. The second kappa shape index (κ2) is 10.7. The van der Waals surface area contributed by atoms with E-state index in [1.165, 1.54) is 18.2 Å². The molecule has 9 nitrogen and oxygen atoms in total. The second-order valence-corrected chi connectivity index (χ2v) is 11.3. The average Bonchev–Trinajstić information content (AvgIpc) is 2.91. The highest BCUT2D eigenvalue weighted by Gasteiger charge is 2.28. The molecule has 196 valence electrons. The maximum atomic E-state index is 13.4. The highest BCUT2D eigenvalue weighted by molar-refractivity contribution is 7.92. The van der Waals surface area contributed by atoms with Crippen molar-refractivity contribution in [3.63, 3.8) is 0 Å². The van der Waals surface area contributed by atoms with Gasteiger partial charge >= 0.3 is 5.97 Å². The molecule has 0 atom stereocenters. The van der Waals surface area contributed by atoms with Gasteiger partial charge in [0.1, 0.15) is 12.4 Å². The number of ether oxygens (including phenoxy) is 1. The summed E-state index contributed by atoms with van der Waals surface area (Å²) in [5, 5.41) is 11.2. The third-order valence-corrected chi connectivity index (χ3v) is 8.24. The fourth-order valence-electron chi connectivity index (χ4n) is 4.23. The van der Waals surface area contributed by atoms with Crippen LogP contribution >= 0.6 is 23.2 Å². The van der Waals surface area contributed by atoms with Gasteiger partial charge in [0.15, 0.2) is 5.82 Å². The standard InChI is InChI=1S/C26H22Cl2N4O5S/c27-20-13-21(28)15-23(14-20)38(35,36)32(16-25(33)34)22-4-3-17-11-19(2-1-18(17)12-22)26-29-6-5-24(30-26)31-7-9-37-10-8-31/h1-6,11-15H,7-10,16H2,(H,33,34). The summed E-state index contributed by atoms with van der Waals surface area (Å²) in [5.74, 6) is 0.0757. The Bertz CT molecular complexity index is 1610. The number of sulfonamides is 1. The molecule has 1 aliphatic heterocycles. The number of rotatable bonds is 7. The van der Waals surface area contributed by atoms with E-state index in [0.717, 1.165) is 34.2 Å². The number of anilines is 2.